The summed E-state index contributed by atoms with van der Waals surface area (Å²) in [5, 5.41) is 13.8. The molecule has 1 aromatic rings. The molecule has 0 atom stereocenters. The average Bonchev–Trinajstić information content (AvgIpc) is 2.38. The fraction of sp³-hybridized carbons (Fsp3) is 0.462. The van der Waals surface area contributed by atoms with Crippen LogP contribution >= 0.6 is 0 Å². The molecule has 0 unspecified atom stereocenters. The molecule has 0 heterocycles. The quantitative estimate of drug-likeness (QED) is 0.756. The Hall–Kier alpha value is -1.60. The van der Waals surface area contributed by atoms with E-state index in [0.29, 0.717) is 6.54 Å². The number of primary sulfonamides is 1. The van der Waals surface area contributed by atoms with Crippen molar-refractivity contribution in [1.29, 1.82) is 0 Å². The Morgan fingerprint density at radius 3 is 2.30 bits per heavy atom. The lowest BCUT2D eigenvalue weighted by Gasteiger charge is -2.24. The number of nitrogens with zero attached hydrogens (tertiary/aromatic N) is 1. The second-order valence-electron chi connectivity index (χ2n) is 4.52. The van der Waals surface area contributed by atoms with Crippen LogP contribution < -0.4 is 10.0 Å². The fourth-order valence-corrected chi connectivity index (χ4v) is 2.31. The van der Waals surface area contributed by atoms with Crippen LogP contribution in [0.1, 0.15) is 26.2 Å². The summed E-state index contributed by atoms with van der Waals surface area (Å²) in [5.41, 5.74) is 0.798. The third-order valence-electron chi connectivity index (χ3n) is 2.91. The van der Waals surface area contributed by atoms with E-state index in [1.54, 1.807) is 12.1 Å². The van der Waals surface area contributed by atoms with E-state index in [-0.39, 0.29) is 11.3 Å². The number of sulfonamides is 1. The van der Waals surface area contributed by atoms with Crippen LogP contribution in [0.25, 0.3) is 0 Å². The van der Waals surface area contributed by atoms with Gasteiger partial charge in [-0.2, -0.15) is 0 Å². The van der Waals surface area contributed by atoms with Gasteiger partial charge in [0, 0.05) is 18.8 Å². The number of carbonyl (C=O) groups is 1. The van der Waals surface area contributed by atoms with Gasteiger partial charge in [-0.1, -0.05) is 13.3 Å². The van der Waals surface area contributed by atoms with Gasteiger partial charge in [-0.15, -0.1) is 0 Å². The Labute approximate surface area is 119 Å². The Bertz CT molecular complexity index is 540. The molecule has 1 aromatic carbocycles. The number of nitrogens with two attached hydrogens (primary N) is 1. The molecule has 0 aliphatic heterocycles. The second-order valence-corrected chi connectivity index (χ2v) is 6.08. The van der Waals surface area contributed by atoms with Crippen LogP contribution in [0.3, 0.4) is 0 Å². The average molecular weight is 300 g/mol. The molecule has 0 saturated heterocycles. The number of benzene rings is 1. The van der Waals surface area contributed by atoms with Crippen LogP contribution in [0.15, 0.2) is 29.2 Å². The molecule has 6 nitrogen and oxygen atoms in total. The highest BCUT2D eigenvalue weighted by Crippen LogP contribution is 2.18. The number of carboxylic acids is 1. The Morgan fingerprint density at radius 1 is 1.25 bits per heavy atom. The van der Waals surface area contributed by atoms with Gasteiger partial charge < -0.3 is 10.0 Å². The molecule has 3 N–H and O–H groups in total. The van der Waals surface area contributed by atoms with Gasteiger partial charge in [0.15, 0.2) is 0 Å². The zero-order valence-electron chi connectivity index (χ0n) is 11.4. The second kappa shape index (κ2) is 7.25. The highest BCUT2D eigenvalue weighted by atomic mass is 32.2. The topological polar surface area (TPSA) is 101 Å². The number of hydrogen-bond donors (Lipinski definition) is 2. The lowest BCUT2D eigenvalue weighted by atomic mass is 10.2. The maximum absolute atomic E-state index is 11.2. The maximum atomic E-state index is 11.2. The Balaban J connectivity index is 2.86. The molecule has 0 aliphatic carbocycles. The molecule has 20 heavy (non-hydrogen) atoms. The summed E-state index contributed by atoms with van der Waals surface area (Å²) in [6.45, 7) is 3.18. The van der Waals surface area contributed by atoms with Crippen LogP contribution in [0.4, 0.5) is 5.69 Å². The summed E-state index contributed by atoms with van der Waals surface area (Å²) in [4.78, 5) is 12.7. The summed E-state index contributed by atoms with van der Waals surface area (Å²) >= 11 is 0. The van der Waals surface area contributed by atoms with Crippen molar-refractivity contribution >= 4 is 21.7 Å². The number of anilines is 1. The zero-order valence-corrected chi connectivity index (χ0v) is 12.3. The molecule has 0 aromatic heterocycles. The third kappa shape index (κ3) is 5.18. The SMILES string of the molecule is CCCCN(CCC(=O)O)c1ccc(S(N)(=O)=O)cc1. The first-order chi connectivity index (χ1) is 9.34. The van der Waals surface area contributed by atoms with Crippen molar-refractivity contribution in [3.8, 4) is 0 Å². The van der Waals surface area contributed by atoms with Crippen LogP contribution in [-0.4, -0.2) is 32.6 Å². The first-order valence-electron chi connectivity index (χ1n) is 6.44. The van der Waals surface area contributed by atoms with Gasteiger partial charge >= 0.3 is 5.97 Å². The number of rotatable bonds is 8. The van der Waals surface area contributed by atoms with Crippen molar-refractivity contribution < 1.29 is 18.3 Å². The first-order valence-corrected chi connectivity index (χ1v) is 7.99. The molecule has 0 fully saturated rings. The summed E-state index contributed by atoms with van der Waals surface area (Å²) in [5.74, 6) is -0.854. The van der Waals surface area contributed by atoms with E-state index >= 15 is 0 Å². The van der Waals surface area contributed by atoms with E-state index in [0.717, 1.165) is 25.1 Å². The first kappa shape index (κ1) is 16.5. The molecule has 112 valence electrons. The van der Waals surface area contributed by atoms with Crippen molar-refractivity contribution in [2.45, 2.75) is 31.1 Å². The third-order valence-corrected chi connectivity index (χ3v) is 3.84. The number of carboxylic acid groups (broad SMARTS) is 1. The van der Waals surface area contributed by atoms with Gasteiger partial charge in [0.25, 0.3) is 0 Å². The van der Waals surface area contributed by atoms with Crippen LogP contribution in [-0.2, 0) is 14.8 Å². The van der Waals surface area contributed by atoms with E-state index in [2.05, 4.69) is 6.92 Å². The standard InChI is InChI=1S/C13H20N2O4S/c1-2-3-9-15(10-8-13(16)17)11-4-6-12(7-5-11)20(14,18)19/h4-7H,2-3,8-10H2,1H3,(H,16,17)(H2,14,18,19). The summed E-state index contributed by atoms with van der Waals surface area (Å²) in [6, 6.07) is 6.17. The highest BCUT2D eigenvalue weighted by molar-refractivity contribution is 7.89. The maximum Gasteiger partial charge on any atom is 0.305 e. The molecule has 1 rings (SSSR count). The van der Waals surface area contributed by atoms with Gasteiger partial charge in [-0.25, -0.2) is 13.6 Å². The van der Waals surface area contributed by atoms with Crippen molar-refractivity contribution in [1.82, 2.24) is 0 Å². The molecule has 0 spiro atoms. The van der Waals surface area contributed by atoms with Crippen molar-refractivity contribution in [2.75, 3.05) is 18.0 Å². The summed E-state index contributed by atoms with van der Waals surface area (Å²) in [6.07, 6.45) is 1.98. The van der Waals surface area contributed by atoms with Crippen LogP contribution in [0, 0.1) is 0 Å². The summed E-state index contributed by atoms with van der Waals surface area (Å²) in [7, 11) is -3.70. The Morgan fingerprint density at radius 2 is 1.85 bits per heavy atom. The minimum atomic E-state index is -3.70. The molecule has 0 saturated carbocycles. The molecule has 0 bridgehead atoms. The number of unbranched alkanes of at least 4 members (excludes halogenated alkanes) is 1. The van der Waals surface area contributed by atoms with Crippen molar-refractivity contribution in [2.24, 2.45) is 5.14 Å². The van der Waals surface area contributed by atoms with E-state index in [1.807, 2.05) is 4.90 Å². The molecular weight excluding hydrogens is 280 g/mol. The van der Waals surface area contributed by atoms with Gasteiger partial charge in [-0.3, -0.25) is 4.79 Å². The van der Waals surface area contributed by atoms with E-state index in [4.69, 9.17) is 10.2 Å². The van der Waals surface area contributed by atoms with E-state index < -0.39 is 16.0 Å². The van der Waals surface area contributed by atoms with Gasteiger partial charge in [-0.05, 0) is 30.7 Å². The largest absolute Gasteiger partial charge is 0.481 e. The highest BCUT2D eigenvalue weighted by Gasteiger charge is 2.11. The normalized spacial score (nSPS) is 11.3. The lowest BCUT2D eigenvalue weighted by Crippen LogP contribution is -2.27. The minimum Gasteiger partial charge on any atom is -0.481 e. The van der Waals surface area contributed by atoms with Crippen molar-refractivity contribution in [3.63, 3.8) is 0 Å². The predicted molar refractivity (Wildman–Crippen MR) is 77.2 cm³/mol. The summed E-state index contributed by atoms with van der Waals surface area (Å²) < 4.78 is 22.4. The smallest absolute Gasteiger partial charge is 0.305 e. The zero-order chi connectivity index (χ0) is 15.2. The van der Waals surface area contributed by atoms with Gasteiger partial charge in [0.1, 0.15) is 0 Å². The minimum absolute atomic E-state index is 0.0423. The van der Waals surface area contributed by atoms with Crippen molar-refractivity contribution in [3.05, 3.63) is 24.3 Å². The lowest BCUT2D eigenvalue weighted by molar-refractivity contribution is -0.136. The van der Waals surface area contributed by atoms with E-state index in [9.17, 15) is 13.2 Å². The number of hydrogen-bond acceptors (Lipinski definition) is 4. The predicted octanol–water partition coefficient (Wildman–Crippen LogP) is 1.42. The molecular formula is C13H20N2O4S. The van der Waals surface area contributed by atoms with E-state index in [1.165, 1.54) is 12.1 Å². The fourth-order valence-electron chi connectivity index (χ4n) is 1.80. The van der Waals surface area contributed by atoms with Gasteiger partial charge in [0.05, 0.1) is 11.3 Å². The molecule has 0 amide bonds. The molecule has 0 aliphatic rings. The van der Waals surface area contributed by atoms with Gasteiger partial charge in [0.2, 0.25) is 10.0 Å². The monoisotopic (exact) mass is 300 g/mol. The number of aliphatic carboxylic acids is 1. The molecule has 0 radical (unpaired) electrons. The van der Waals surface area contributed by atoms with Crippen LogP contribution in [0.5, 0.6) is 0 Å². The van der Waals surface area contributed by atoms with Crippen LogP contribution in [0.2, 0.25) is 0 Å². The Kier molecular flexibility index (Phi) is 5.97. The molecule has 7 heteroatoms.